The van der Waals surface area contributed by atoms with Crippen molar-refractivity contribution < 1.29 is 23.1 Å². The summed E-state index contributed by atoms with van der Waals surface area (Å²) in [5, 5.41) is 10.0. The number of aliphatic hydroxyl groups is 1. The van der Waals surface area contributed by atoms with Gasteiger partial charge in [-0.15, -0.1) is 0 Å². The maximum absolute atomic E-state index is 13.3. The maximum atomic E-state index is 13.3. The molecule has 1 aliphatic carbocycles. The highest BCUT2D eigenvalue weighted by Gasteiger charge is 2.60. The first-order valence-electron chi connectivity index (χ1n) is 11.5. The molecule has 0 bridgehead atoms. The number of halogens is 3. The monoisotopic (exact) mass is 480 g/mol. The number of alkyl halides is 3. The molecule has 2 aromatic rings. The first kappa shape index (κ1) is 24.5. The van der Waals surface area contributed by atoms with E-state index in [1.807, 2.05) is 18.2 Å². The quantitative estimate of drug-likeness (QED) is 0.728. The summed E-state index contributed by atoms with van der Waals surface area (Å²) in [5.74, 6) is -1.40. The van der Waals surface area contributed by atoms with E-state index < -0.39 is 24.1 Å². The van der Waals surface area contributed by atoms with Crippen LogP contribution in [0.4, 0.5) is 13.2 Å². The number of fused-ring (bicyclic) bond motifs is 2. The summed E-state index contributed by atoms with van der Waals surface area (Å²) in [6.45, 7) is 8.19. The largest absolute Gasteiger partial charge is 0.426 e. The summed E-state index contributed by atoms with van der Waals surface area (Å²) in [5.41, 5.74) is -0.538. The molecule has 2 aromatic heterocycles. The number of rotatable bonds is 4. The number of carbonyl (C=O) groups excluding carboxylic acids is 1. The number of amides is 1. The second kappa shape index (κ2) is 7.96. The van der Waals surface area contributed by atoms with Crippen LogP contribution in [0.3, 0.4) is 0 Å². The lowest BCUT2D eigenvalue weighted by atomic mass is 9.97. The molecule has 0 saturated carbocycles. The number of hydrogen-bond donors (Lipinski definition) is 1. The van der Waals surface area contributed by atoms with Crippen LogP contribution in [0.15, 0.2) is 23.0 Å². The molecule has 1 aliphatic heterocycles. The van der Waals surface area contributed by atoms with Gasteiger partial charge < -0.3 is 10.0 Å². The van der Waals surface area contributed by atoms with Crippen molar-refractivity contribution >= 4 is 22.6 Å². The van der Waals surface area contributed by atoms with Gasteiger partial charge in [0.1, 0.15) is 0 Å². The lowest BCUT2D eigenvalue weighted by Crippen LogP contribution is -2.57. The van der Waals surface area contributed by atoms with Gasteiger partial charge in [-0.05, 0) is 47.8 Å². The van der Waals surface area contributed by atoms with E-state index in [1.54, 1.807) is 11.6 Å². The molecule has 1 amide bonds. The van der Waals surface area contributed by atoms with Gasteiger partial charge in [-0.25, -0.2) is 9.78 Å². The molecule has 1 N–H and O–H groups in total. The third-order valence-electron chi connectivity index (χ3n) is 6.95. The number of imidazole rings is 1. The van der Waals surface area contributed by atoms with E-state index in [2.05, 4.69) is 20.8 Å². The normalized spacial score (nSPS) is 22.7. The van der Waals surface area contributed by atoms with Crippen molar-refractivity contribution in [1.29, 1.82) is 0 Å². The molecule has 3 heterocycles. The van der Waals surface area contributed by atoms with E-state index in [0.717, 1.165) is 28.6 Å². The van der Waals surface area contributed by atoms with E-state index >= 15 is 0 Å². The Balaban J connectivity index is 1.57. The molecule has 2 aliphatic rings. The molecule has 4 rings (SSSR count). The molecular weight excluding hydrogens is 449 g/mol. The van der Waals surface area contributed by atoms with Gasteiger partial charge in [0.15, 0.2) is 5.65 Å². The average molecular weight is 481 g/mol. The second-order valence-corrected chi connectivity index (χ2v) is 10.8. The van der Waals surface area contributed by atoms with E-state index in [1.165, 1.54) is 4.57 Å². The Hall–Kier alpha value is -2.62. The highest BCUT2D eigenvalue weighted by atomic mass is 19.4. The Kier molecular flexibility index (Phi) is 5.74. The predicted octanol–water partition coefficient (Wildman–Crippen LogP) is 3.35. The van der Waals surface area contributed by atoms with Crippen molar-refractivity contribution in [3.05, 3.63) is 34.4 Å². The fourth-order valence-electron chi connectivity index (χ4n) is 5.08. The maximum Gasteiger partial charge on any atom is 0.426 e. The van der Waals surface area contributed by atoms with E-state index in [9.17, 15) is 27.9 Å². The Morgan fingerprint density at radius 1 is 1.21 bits per heavy atom. The number of hydrogen-bond acceptors (Lipinski definition) is 4. The first-order valence-corrected chi connectivity index (χ1v) is 11.5. The van der Waals surface area contributed by atoms with Gasteiger partial charge in [0.05, 0.1) is 11.2 Å². The lowest BCUT2D eigenvalue weighted by Gasteiger charge is -2.32. The molecule has 0 aromatic carbocycles. The SMILES string of the molecule is CCC(O)(C(=O)N1CC2C=C(c3ccc4c(n3)n(C)c(=O)n4CC(C)(C)C)CC2C1)C(F)(F)F. The van der Waals surface area contributed by atoms with Crippen molar-refractivity contribution in [3.63, 3.8) is 0 Å². The summed E-state index contributed by atoms with van der Waals surface area (Å²) in [6.07, 6.45) is -3.20. The standard InChI is InChI=1S/C24H31F3N4O3/c1-6-23(34,24(25,26)27)20(32)30-11-15-9-14(10-16(15)12-30)17-7-8-18-19(28-17)29(5)21(33)31(18)13-22(2,3)4/h7-9,15-16,34H,6,10-13H2,1-5H3. The van der Waals surface area contributed by atoms with Gasteiger partial charge in [0, 0.05) is 26.7 Å². The molecule has 3 unspecified atom stereocenters. The number of nitrogens with zero attached hydrogens (tertiary/aromatic N) is 4. The van der Waals surface area contributed by atoms with Gasteiger partial charge in [0.2, 0.25) is 5.60 Å². The highest BCUT2D eigenvalue weighted by Crippen LogP contribution is 2.43. The van der Waals surface area contributed by atoms with Crippen LogP contribution in [-0.2, 0) is 18.4 Å². The minimum absolute atomic E-state index is 0.0277. The molecule has 1 fully saturated rings. The van der Waals surface area contributed by atoms with Gasteiger partial charge in [-0.3, -0.25) is 13.9 Å². The van der Waals surface area contributed by atoms with Gasteiger partial charge >= 0.3 is 11.9 Å². The number of aromatic nitrogens is 3. The average Bonchev–Trinajstić information content (AvgIpc) is 3.38. The smallest absolute Gasteiger partial charge is 0.373 e. The van der Waals surface area contributed by atoms with Gasteiger partial charge in [-0.2, -0.15) is 13.2 Å². The third kappa shape index (κ3) is 3.95. The zero-order valence-electron chi connectivity index (χ0n) is 20.1. The zero-order chi connectivity index (χ0) is 25.2. The number of carbonyl (C=O) groups is 1. The molecule has 0 spiro atoms. The Morgan fingerprint density at radius 3 is 2.44 bits per heavy atom. The Morgan fingerprint density at radius 2 is 1.88 bits per heavy atom. The molecule has 186 valence electrons. The number of allylic oxidation sites excluding steroid dienone is 1. The molecule has 0 radical (unpaired) electrons. The predicted molar refractivity (Wildman–Crippen MR) is 122 cm³/mol. The van der Waals surface area contributed by atoms with Crippen molar-refractivity contribution in [1.82, 2.24) is 19.0 Å². The minimum Gasteiger partial charge on any atom is -0.373 e. The fraction of sp³-hybridized carbons (Fsp3) is 0.625. The van der Waals surface area contributed by atoms with Crippen LogP contribution in [-0.4, -0.2) is 54.9 Å². The van der Waals surface area contributed by atoms with Crippen LogP contribution in [0.5, 0.6) is 0 Å². The molecule has 10 heteroatoms. The van der Waals surface area contributed by atoms with Crippen LogP contribution < -0.4 is 5.69 Å². The summed E-state index contributed by atoms with van der Waals surface area (Å²) < 4.78 is 43.2. The first-order chi connectivity index (χ1) is 15.7. The van der Waals surface area contributed by atoms with Crippen LogP contribution in [0.25, 0.3) is 16.7 Å². The fourth-order valence-corrected chi connectivity index (χ4v) is 5.08. The van der Waals surface area contributed by atoms with E-state index in [4.69, 9.17) is 4.98 Å². The molecule has 34 heavy (non-hydrogen) atoms. The lowest BCUT2D eigenvalue weighted by molar-refractivity contribution is -0.256. The third-order valence-corrected chi connectivity index (χ3v) is 6.95. The summed E-state index contributed by atoms with van der Waals surface area (Å²) in [7, 11) is 1.69. The van der Waals surface area contributed by atoms with Gasteiger partial charge in [-0.1, -0.05) is 33.8 Å². The van der Waals surface area contributed by atoms with Gasteiger partial charge in [0.25, 0.3) is 5.91 Å². The highest BCUT2D eigenvalue weighted by molar-refractivity contribution is 5.86. The Labute approximate surface area is 195 Å². The van der Waals surface area contributed by atoms with Crippen molar-refractivity contribution in [3.8, 4) is 0 Å². The van der Waals surface area contributed by atoms with Crippen LogP contribution >= 0.6 is 0 Å². The molecule has 7 nitrogen and oxygen atoms in total. The number of likely N-dealkylation sites (tertiary alicyclic amines) is 1. The number of aryl methyl sites for hydroxylation is 1. The van der Waals surface area contributed by atoms with Crippen LogP contribution in [0.1, 0.15) is 46.2 Å². The molecule has 3 atom stereocenters. The van der Waals surface area contributed by atoms with Crippen molar-refractivity contribution in [2.24, 2.45) is 24.3 Å². The zero-order valence-corrected chi connectivity index (χ0v) is 20.1. The van der Waals surface area contributed by atoms with Crippen molar-refractivity contribution in [2.75, 3.05) is 13.1 Å². The minimum atomic E-state index is -5.02. The molecule has 1 saturated heterocycles. The van der Waals surface area contributed by atoms with Crippen LogP contribution in [0.2, 0.25) is 0 Å². The van der Waals surface area contributed by atoms with E-state index in [0.29, 0.717) is 18.6 Å². The topological polar surface area (TPSA) is 80.4 Å². The number of pyridine rings is 1. The summed E-state index contributed by atoms with van der Waals surface area (Å²) in [4.78, 5) is 31.2. The van der Waals surface area contributed by atoms with Crippen molar-refractivity contribution in [2.45, 2.75) is 58.9 Å². The van der Waals surface area contributed by atoms with E-state index in [-0.39, 0.29) is 36.0 Å². The van der Waals surface area contributed by atoms with Crippen LogP contribution in [0, 0.1) is 17.3 Å². The molecular formula is C24H31F3N4O3. The summed E-state index contributed by atoms with van der Waals surface area (Å²) >= 11 is 0. The second-order valence-electron chi connectivity index (χ2n) is 10.8. The summed E-state index contributed by atoms with van der Waals surface area (Å²) in [6, 6.07) is 3.76. The Bertz CT molecular complexity index is 1220.